The van der Waals surface area contributed by atoms with E-state index in [1.54, 1.807) is 0 Å². The highest BCUT2D eigenvalue weighted by Gasteiger charge is 2.19. The second-order valence-corrected chi connectivity index (χ2v) is 2.27. The molecular weight excluding hydrogens is 134 g/mol. The van der Waals surface area contributed by atoms with Crippen molar-refractivity contribution in [3.05, 3.63) is 12.7 Å². The number of rotatable bonds is 3. The summed E-state index contributed by atoms with van der Waals surface area (Å²) in [4.78, 5) is 10.4. The van der Waals surface area contributed by atoms with Gasteiger partial charge in [0.15, 0.2) is 0 Å². The Hall–Kier alpha value is -0.870. The van der Waals surface area contributed by atoms with E-state index in [1.165, 1.54) is 18.5 Å². The molecule has 0 saturated heterocycles. The van der Waals surface area contributed by atoms with Crippen molar-refractivity contribution in [1.29, 1.82) is 0 Å². The first kappa shape index (κ1) is 9.13. The van der Waals surface area contributed by atoms with Crippen molar-refractivity contribution in [3.8, 4) is 0 Å². The third-order valence-corrected chi connectivity index (χ3v) is 1.08. The Morgan fingerprint density at radius 1 is 1.90 bits per heavy atom. The summed E-state index contributed by atoms with van der Waals surface area (Å²) >= 11 is 0. The Balaban J connectivity index is 3.88. The van der Waals surface area contributed by atoms with Crippen LogP contribution in [0.5, 0.6) is 0 Å². The molecule has 0 rings (SSSR count). The predicted octanol–water partition coefficient (Wildman–Crippen LogP) is -0.181. The lowest BCUT2D eigenvalue weighted by atomic mass is 10.0. The van der Waals surface area contributed by atoms with Crippen molar-refractivity contribution >= 4 is 5.91 Å². The molecule has 10 heavy (non-hydrogen) atoms. The number of hydrogen-bond donors (Lipinski definition) is 3. The smallest absolute Gasteiger partial charge is 0.246 e. The van der Waals surface area contributed by atoms with Crippen LogP contribution < -0.4 is 5.48 Å². The molecule has 4 heteroatoms. The summed E-state index contributed by atoms with van der Waals surface area (Å²) in [6.07, 6.45) is 1.05. The molecule has 0 aromatic rings. The number of carbonyl (C=O) groups is 1. The van der Waals surface area contributed by atoms with Gasteiger partial charge in [0.2, 0.25) is 5.91 Å². The molecule has 0 saturated carbocycles. The molecule has 4 nitrogen and oxygen atoms in total. The summed E-state index contributed by atoms with van der Waals surface area (Å²) in [5.74, 6) is -0.634. The Kier molecular flexibility index (Phi) is 3.05. The van der Waals surface area contributed by atoms with Crippen molar-refractivity contribution in [2.45, 2.75) is 18.9 Å². The molecule has 0 aliphatic rings. The molecule has 1 atom stereocenters. The fraction of sp³-hybridized carbons (Fsp3) is 0.500. The maximum Gasteiger partial charge on any atom is 0.246 e. The minimum absolute atomic E-state index is 0.188. The minimum Gasteiger partial charge on any atom is -0.386 e. The standard InChI is InChI=1S/C6H11NO3/c1-3-6(2,9)4-5(8)7-10/h3,9-10H,1,4H2,2H3,(H,7,8). The lowest BCUT2D eigenvalue weighted by molar-refractivity contribution is -0.132. The zero-order valence-electron chi connectivity index (χ0n) is 5.79. The monoisotopic (exact) mass is 145 g/mol. The van der Waals surface area contributed by atoms with Gasteiger partial charge in [-0.3, -0.25) is 10.0 Å². The van der Waals surface area contributed by atoms with E-state index in [1.807, 2.05) is 0 Å². The number of nitrogens with one attached hydrogen (secondary N) is 1. The van der Waals surface area contributed by atoms with Crippen LogP contribution in [-0.4, -0.2) is 21.8 Å². The molecule has 0 radical (unpaired) electrons. The summed E-state index contributed by atoms with van der Waals surface area (Å²) in [5, 5.41) is 17.2. The molecule has 0 aromatic heterocycles. The van der Waals surface area contributed by atoms with Crippen molar-refractivity contribution < 1.29 is 15.1 Å². The van der Waals surface area contributed by atoms with Gasteiger partial charge in [-0.2, -0.15) is 0 Å². The SMILES string of the molecule is C=CC(C)(O)CC(=O)NO. The molecule has 3 N–H and O–H groups in total. The number of hydrogen-bond acceptors (Lipinski definition) is 3. The molecule has 0 fully saturated rings. The number of amides is 1. The Labute approximate surface area is 59.1 Å². The second kappa shape index (κ2) is 3.34. The van der Waals surface area contributed by atoms with Gasteiger partial charge in [0.05, 0.1) is 12.0 Å². The summed E-state index contributed by atoms with van der Waals surface area (Å²) in [6.45, 7) is 4.73. The Morgan fingerprint density at radius 3 is 2.70 bits per heavy atom. The van der Waals surface area contributed by atoms with E-state index in [9.17, 15) is 4.79 Å². The van der Waals surface area contributed by atoms with E-state index in [0.717, 1.165) is 0 Å². The summed E-state index contributed by atoms with van der Waals surface area (Å²) in [5.41, 5.74) is 0.165. The molecule has 0 bridgehead atoms. The fourth-order valence-corrected chi connectivity index (χ4v) is 0.437. The maximum atomic E-state index is 10.4. The summed E-state index contributed by atoms with van der Waals surface area (Å²) in [7, 11) is 0. The van der Waals surface area contributed by atoms with E-state index >= 15 is 0 Å². The number of hydroxylamine groups is 1. The quantitative estimate of drug-likeness (QED) is 0.293. The van der Waals surface area contributed by atoms with Crippen LogP contribution in [0.2, 0.25) is 0 Å². The molecular formula is C6H11NO3. The van der Waals surface area contributed by atoms with Gasteiger partial charge in [-0.25, -0.2) is 5.48 Å². The van der Waals surface area contributed by atoms with Crippen LogP contribution in [0.25, 0.3) is 0 Å². The third-order valence-electron chi connectivity index (χ3n) is 1.08. The zero-order valence-corrected chi connectivity index (χ0v) is 5.79. The van der Waals surface area contributed by atoms with Crippen LogP contribution in [0.3, 0.4) is 0 Å². The minimum atomic E-state index is -1.24. The van der Waals surface area contributed by atoms with Crippen molar-refractivity contribution in [2.75, 3.05) is 0 Å². The highest BCUT2D eigenvalue weighted by atomic mass is 16.5. The Morgan fingerprint density at radius 2 is 2.40 bits per heavy atom. The maximum absolute atomic E-state index is 10.4. The first-order chi connectivity index (χ1) is 4.52. The molecule has 1 amide bonds. The van der Waals surface area contributed by atoms with Gasteiger partial charge >= 0.3 is 0 Å². The number of aliphatic hydroxyl groups is 1. The predicted molar refractivity (Wildman–Crippen MR) is 35.4 cm³/mol. The van der Waals surface area contributed by atoms with E-state index in [-0.39, 0.29) is 6.42 Å². The van der Waals surface area contributed by atoms with Crippen LogP contribution in [0.4, 0.5) is 0 Å². The van der Waals surface area contributed by atoms with Gasteiger partial charge in [0.1, 0.15) is 0 Å². The van der Waals surface area contributed by atoms with E-state index in [0.29, 0.717) is 0 Å². The molecule has 1 unspecified atom stereocenters. The lowest BCUT2D eigenvalue weighted by Crippen LogP contribution is -2.31. The molecule has 0 heterocycles. The van der Waals surface area contributed by atoms with Gasteiger partial charge < -0.3 is 5.11 Å². The van der Waals surface area contributed by atoms with Crippen molar-refractivity contribution in [3.63, 3.8) is 0 Å². The Bertz CT molecular complexity index is 142. The van der Waals surface area contributed by atoms with Crippen LogP contribution in [0, 0.1) is 0 Å². The number of carbonyl (C=O) groups excluding carboxylic acids is 1. The highest BCUT2D eigenvalue weighted by Crippen LogP contribution is 2.08. The zero-order chi connectivity index (χ0) is 8.20. The van der Waals surface area contributed by atoms with Gasteiger partial charge in [0.25, 0.3) is 0 Å². The van der Waals surface area contributed by atoms with Gasteiger partial charge in [-0.15, -0.1) is 6.58 Å². The van der Waals surface area contributed by atoms with Crippen LogP contribution in [0.1, 0.15) is 13.3 Å². The van der Waals surface area contributed by atoms with E-state index < -0.39 is 11.5 Å². The van der Waals surface area contributed by atoms with E-state index in [4.69, 9.17) is 10.3 Å². The van der Waals surface area contributed by atoms with Gasteiger partial charge in [-0.1, -0.05) is 6.08 Å². The average Bonchev–Trinajstić information content (AvgIpc) is 1.87. The van der Waals surface area contributed by atoms with Gasteiger partial charge in [-0.05, 0) is 6.92 Å². The normalized spacial score (nSPS) is 15.5. The first-order valence-corrected chi connectivity index (χ1v) is 2.81. The summed E-state index contributed by atoms with van der Waals surface area (Å²) < 4.78 is 0. The molecule has 0 aromatic carbocycles. The van der Waals surface area contributed by atoms with Gasteiger partial charge in [0, 0.05) is 0 Å². The van der Waals surface area contributed by atoms with Crippen molar-refractivity contribution in [2.24, 2.45) is 0 Å². The molecule has 0 aliphatic heterocycles. The van der Waals surface area contributed by atoms with Crippen LogP contribution >= 0.6 is 0 Å². The molecule has 58 valence electrons. The third kappa shape index (κ3) is 3.21. The van der Waals surface area contributed by atoms with Crippen LogP contribution in [0.15, 0.2) is 12.7 Å². The molecule has 0 aliphatic carbocycles. The second-order valence-electron chi connectivity index (χ2n) is 2.27. The highest BCUT2D eigenvalue weighted by molar-refractivity contribution is 5.75. The largest absolute Gasteiger partial charge is 0.386 e. The first-order valence-electron chi connectivity index (χ1n) is 2.81. The summed E-state index contributed by atoms with van der Waals surface area (Å²) in [6, 6.07) is 0. The van der Waals surface area contributed by atoms with Crippen molar-refractivity contribution in [1.82, 2.24) is 5.48 Å². The van der Waals surface area contributed by atoms with E-state index in [2.05, 4.69) is 6.58 Å². The average molecular weight is 145 g/mol. The lowest BCUT2D eigenvalue weighted by Gasteiger charge is -2.15. The molecule has 0 spiro atoms. The topological polar surface area (TPSA) is 69.6 Å². The van der Waals surface area contributed by atoms with Crippen LogP contribution in [-0.2, 0) is 4.79 Å². The fourth-order valence-electron chi connectivity index (χ4n) is 0.437.